The Morgan fingerprint density at radius 1 is 1.21 bits per heavy atom. The van der Waals surface area contributed by atoms with Gasteiger partial charge in [0.1, 0.15) is 5.82 Å². The van der Waals surface area contributed by atoms with Crippen LogP contribution in [0.4, 0.5) is 11.5 Å². The van der Waals surface area contributed by atoms with E-state index in [0.717, 1.165) is 61.5 Å². The summed E-state index contributed by atoms with van der Waals surface area (Å²) in [6.45, 7) is 4.31. The Hall–Kier alpha value is -2.11. The topological polar surface area (TPSA) is 63.2 Å². The van der Waals surface area contributed by atoms with Gasteiger partial charge < -0.3 is 15.4 Å². The second-order valence-electron chi connectivity index (χ2n) is 7.78. The first-order valence-electron chi connectivity index (χ1n) is 9.99. The molecule has 148 valence electrons. The van der Waals surface area contributed by atoms with Crippen molar-refractivity contribution in [3.05, 3.63) is 52.2 Å². The number of hydrogen-bond donors (Lipinski definition) is 2. The standard InChI is InChI=1S/C22H26ClN3O2/c1-14-2-5-17(23)10-20(14)26-21-11-18(16-3-4-16)19(13-24-21)22(27)25-12-15-6-8-28-9-7-15/h2,5,10-11,13,15-16H,3-4,6-9,12H2,1H3,(H,24,26)(H,25,27). The number of hydrogen-bond acceptors (Lipinski definition) is 4. The molecule has 1 saturated heterocycles. The summed E-state index contributed by atoms with van der Waals surface area (Å²) in [6.07, 6.45) is 5.97. The Balaban J connectivity index is 1.49. The smallest absolute Gasteiger partial charge is 0.253 e. The Morgan fingerprint density at radius 3 is 2.75 bits per heavy atom. The van der Waals surface area contributed by atoms with Gasteiger partial charge in [-0.25, -0.2) is 4.98 Å². The molecule has 0 bridgehead atoms. The number of benzene rings is 1. The molecule has 6 heteroatoms. The van der Waals surface area contributed by atoms with Crippen molar-refractivity contribution in [1.82, 2.24) is 10.3 Å². The van der Waals surface area contributed by atoms with E-state index >= 15 is 0 Å². The number of halogens is 1. The highest BCUT2D eigenvalue weighted by atomic mass is 35.5. The summed E-state index contributed by atoms with van der Waals surface area (Å²) in [5, 5.41) is 7.13. The van der Waals surface area contributed by atoms with E-state index in [1.165, 1.54) is 0 Å². The highest BCUT2D eigenvalue weighted by Crippen LogP contribution is 2.42. The first-order valence-corrected chi connectivity index (χ1v) is 10.4. The minimum atomic E-state index is -0.0219. The van der Waals surface area contributed by atoms with Crippen LogP contribution in [0, 0.1) is 12.8 Å². The van der Waals surface area contributed by atoms with Gasteiger partial charge in [0.2, 0.25) is 0 Å². The van der Waals surface area contributed by atoms with Crippen LogP contribution in [-0.4, -0.2) is 30.6 Å². The number of amides is 1. The maximum atomic E-state index is 12.8. The van der Waals surface area contributed by atoms with E-state index < -0.39 is 0 Å². The molecule has 1 aromatic heterocycles. The average molecular weight is 400 g/mol. The van der Waals surface area contributed by atoms with Crippen molar-refractivity contribution in [1.29, 1.82) is 0 Å². The molecule has 0 atom stereocenters. The monoisotopic (exact) mass is 399 g/mol. The molecule has 2 aliphatic rings. The number of pyridine rings is 1. The fraction of sp³-hybridized carbons (Fsp3) is 0.455. The molecule has 0 unspecified atom stereocenters. The molecule has 4 rings (SSSR count). The van der Waals surface area contributed by atoms with Gasteiger partial charge in [0.15, 0.2) is 0 Å². The van der Waals surface area contributed by atoms with Gasteiger partial charge in [0, 0.05) is 36.7 Å². The van der Waals surface area contributed by atoms with Crippen LogP contribution in [0.5, 0.6) is 0 Å². The second kappa shape index (κ2) is 8.50. The molecule has 2 fully saturated rings. The van der Waals surface area contributed by atoms with E-state index in [4.69, 9.17) is 16.3 Å². The predicted octanol–water partition coefficient (Wildman–Crippen LogP) is 4.82. The SMILES string of the molecule is Cc1ccc(Cl)cc1Nc1cc(C2CC2)c(C(=O)NCC2CCOCC2)cn1. The predicted molar refractivity (Wildman–Crippen MR) is 112 cm³/mol. The molecule has 2 N–H and O–H groups in total. The first-order chi connectivity index (χ1) is 13.6. The zero-order chi connectivity index (χ0) is 19.5. The lowest BCUT2D eigenvalue weighted by Gasteiger charge is -2.22. The maximum absolute atomic E-state index is 12.8. The maximum Gasteiger partial charge on any atom is 0.253 e. The van der Waals surface area contributed by atoms with E-state index in [-0.39, 0.29) is 5.91 Å². The van der Waals surface area contributed by atoms with Gasteiger partial charge in [-0.05, 0) is 73.8 Å². The molecule has 28 heavy (non-hydrogen) atoms. The molecular formula is C22H26ClN3O2. The number of nitrogens with zero attached hydrogens (tertiary/aromatic N) is 1. The molecule has 0 radical (unpaired) electrons. The molecule has 1 saturated carbocycles. The molecule has 0 spiro atoms. The molecule has 1 aromatic carbocycles. The Kier molecular flexibility index (Phi) is 5.83. The van der Waals surface area contributed by atoms with Crippen molar-refractivity contribution in [2.75, 3.05) is 25.1 Å². The summed E-state index contributed by atoms with van der Waals surface area (Å²) < 4.78 is 5.39. The molecule has 1 aliphatic carbocycles. The Morgan fingerprint density at radius 2 is 2.00 bits per heavy atom. The number of nitrogens with one attached hydrogen (secondary N) is 2. The summed E-state index contributed by atoms with van der Waals surface area (Å²) in [6, 6.07) is 7.76. The first kappa shape index (κ1) is 19.2. The molecule has 2 aromatic rings. The second-order valence-corrected chi connectivity index (χ2v) is 8.22. The molecule has 2 heterocycles. The summed E-state index contributed by atoms with van der Waals surface area (Å²) in [5.74, 6) is 1.68. The van der Waals surface area contributed by atoms with Crippen LogP contribution >= 0.6 is 11.6 Å². The quantitative estimate of drug-likeness (QED) is 0.730. The lowest BCUT2D eigenvalue weighted by Crippen LogP contribution is -2.32. The third-order valence-corrected chi connectivity index (χ3v) is 5.79. The van der Waals surface area contributed by atoms with Gasteiger partial charge in [-0.15, -0.1) is 0 Å². The average Bonchev–Trinajstić information content (AvgIpc) is 3.55. The Bertz CT molecular complexity index is 861. The summed E-state index contributed by atoms with van der Waals surface area (Å²) in [5.41, 5.74) is 3.81. The Labute approximate surface area is 170 Å². The van der Waals surface area contributed by atoms with Crippen molar-refractivity contribution in [3.63, 3.8) is 0 Å². The zero-order valence-corrected chi connectivity index (χ0v) is 16.9. The van der Waals surface area contributed by atoms with Crippen LogP contribution in [0.1, 0.15) is 53.1 Å². The van der Waals surface area contributed by atoms with Gasteiger partial charge in [-0.2, -0.15) is 0 Å². The van der Waals surface area contributed by atoms with Crippen LogP contribution in [-0.2, 0) is 4.74 Å². The van der Waals surface area contributed by atoms with Crippen LogP contribution in [0.15, 0.2) is 30.5 Å². The van der Waals surface area contributed by atoms with Crippen molar-refractivity contribution in [3.8, 4) is 0 Å². The van der Waals surface area contributed by atoms with Gasteiger partial charge in [0.05, 0.1) is 5.56 Å². The number of rotatable bonds is 6. The normalized spacial score (nSPS) is 17.4. The van der Waals surface area contributed by atoms with Crippen molar-refractivity contribution in [2.24, 2.45) is 5.92 Å². The van der Waals surface area contributed by atoms with E-state index in [1.807, 2.05) is 31.2 Å². The molecule has 1 amide bonds. The van der Waals surface area contributed by atoms with Gasteiger partial charge in [-0.3, -0.25) is 4.79 Å². The fourth-order valence-electron chi connectivity index (χ4n) is 3.61. The molecule has 5 nitrogen and oxygen atoms in total. The van der Waals surface area contributed by atoms with Crippen LogP contribution < -0.4 is 10.6 Å². The number of carbonyl (C=O) groups is 1. The minimum Gasteiger partial charge on any atom is -0.381 e. The lowest BCUT2D eigenvalue weighted by atomic mass is 10.00. The van der Waals surface area contributed by atoms with Crippen molar-refractivity contribution < 1.29 is 9.53 Å². The fourth-order valence-corrected chi connectivity index (χ4v) is 3.78. The van der Waals surface area contributed by atoms with Crippen molar-refractivity contribution in [2.45, 2.75) is 38.5 Å². The van der Waals surface area contributed by atoms with Gasteiger partial charge >= 0.3 is 0 Å². The summed E-state index contributed by atoms with van der Waals surface area (Å²) in [4.78, 5) is 17.3. The summed E-state index contributed by atoms with van der Waals surface area (Å²) >= 11 is 6.12. The third-order valence-electron chi connectivity index (χ3n) is 5.55. The number of ether oxygens (including phenoxy) is 1. The van der Waals surface area contributed by atoms with E-state index in [2.05, 4.69) is 15.6 Å². The zero-order valence-electron chi connectivity index (χ0n) is 16.1. The third kappa shape index (κ3) is 4.65. The number of carbonyl (C=O) groups excluding carboxylic acids is 1. The van der Waals surface area contributed by atoms with E-state index in [9.17, 15) is 4.79 Å². The van der Waals surface area contributed by atoms with E-state index in [1.54, 1.807) is 6.20 Å². The highest BCUT2D eigenvalue weighted by molar-refractivity contribution is 6.30. The van der Waals surface area contributed by atoms with E-state index in [0.29, 0.717) is 29.0 Å². The summed E-state index contributed by atoms with van der Waals surface area (Å²) in [7, 11) is 0. The van der Waals surface area contributed by atoms with Gasteiger partial charge in [-0.1, -0.05) is 17.7 Å². The molecule has 1 aliphatic heterocycles. The number of aromatic nitrogens is 1. The minimum absolute atomic E-state index is 0.0219. The number of aryl methyl sites for hydroxylation is 1. The van der Waals surface area contributed by atoms with Crippen LogP contribution in [0.2, 0.25) is 5.02 Å². The van der Waals surface area contributed by atoms with Crippen molar-refractivity contribution >= 4 is 29.0 Å². The lowest BCUT2D eigenvalue weighted by molar-refractivity contribution is 0.0642. The molecular weight excluding hydrogens is 374 g/mol. The van der Waals surface area contributed by atoms with Gasteiger partial charge in [0.25, 0.3) is 5.91 Å². The number of anilines is 2. The van der Waals surface area contributed by atoms with Crippen LogP contribution in [0.3, 0.4) is 0 Å². The van der Waals surface area contributed by atoms with Crippen LogP contribution in [0.25, 0.3) is 0 Å². The highest BCUT2D eigenvalue weighted by Gasteiger charge is 2.29. The largest absolute Gasteiger partial charge is 0.381 e.